The third-order valence-electron chi connectivity index (χ3n) is 25.9. The van der Waals surface area contributed by atoms with E-state index in [1.165, 1.54) is 199 Å². The molecule has 0 saturated carbocycles. The number of hydrogen-bond donors (Lipinski definition) is 0. The van der Waals surface area contributed by atoms with Gasteiger partial charge in [-0.15, -0.1) is 0 Å². The summed E-state index contributed by atoms with van der Waals surface area (Å²) >= 11 is 0. The van der Waals surface area contributed by atoms with Crippen molar-refractivity contribution in [3.05, 3.63) is 428 Å². The molecular weight excluding hydrogens is 1460 g/mol. The Bertz CT molecular complexity index is 6820. The molecule has 21 rings (SSSR count). The summed E-state index contributed by atoms with van der Waals surface area (Å²) in [6.45, 7) is 15.9. The lowest BCUT2D eigenvalue weighted by Crippen LogP contribution is -2.62. The summed E-state index contributed by atoms with van der Waals surface area (Å²) in [7, 11) is 0. The first kappa shape index (κ1) is 74.5. The van der Waals surface area contributed by atoms with Crippen molar-refractivity contribution in [1.82, 2.24) is 0 Å². The first-order valence-electron chi connectivity index (χ1n) is 43.1. The van der Waals surface area contributed by atoms with E-state index < -0.39 is 0 Å². The summed E-state index contributed by atoms with van der Waals surface area (Å²) in [4.78, 5) is 8.11. The van der Waals surface area contributed by atoms with Crippen molar-refractivity contribution in [2.24, 2.45) is 0 Å². The van der Waals surface area contributed by atoms with Crippen LogP contribution in [0.25, 0.3) is 132 Å². The van der Waals surface area contributed by atoms with Crippen LogP contribution in [0.1, 0.15) is 69.4 Å². The molecule has 0 saturated heterocycles. The number of benzene rings is 19. The molecule has 19 aromatic rings. The quantitative estimate of drug-likeness (QED) is 0.0482. The number of hydrogen-bond acceptors (Lipinski definition) is 3. The molecule has 121 heavy (non-hydrogen) atoms. The Hall–Kier alpha value is -14.1. The Morgan fingerprint density at radius 3 is 1.06 bits per heavy atom. The molecule has 0 radical (unpaired) electrons. The van der Waals surface area contributed by atoms with Gasteiger partial charge in [-0.25, -0.2) is 0 Å². The third kappa shape index (κ3) is 13.7. The van der Waals surface area contributed by atoms with Gasteiger partial charge in [-0.1, -0.05) is 393 Å². The first-order valence-corrected chi connectivity index (χ1v) is 43.1. The van der Waals surface area contributed by atoms with Crippen molar-refractivity contribution in [3.63, 3.8) is 0 Å². The zero-order chi connectivity index (χ0) is 81.5. The van der Waals surface area contributed by atoms with Gasteiger partial charge in [0.2, 0.25) is 0 Å². The molecule has 3 nitrogen and oxygen atoms in total. The summed E-state index contributed by atoms with van der Waals surface area (Å²) in [6.07, 6.45) is 1.49. The van der Waals surface area contributed by atoms with E-state index in [1.807, 2.05) is 0 Å². The highest BCUT2D eigenvalue weighted by atomic mass is 15.2. The van der Waals surface area contributed by atoms with Gasteiger partial charge in [-0.2, -0.15) is 0 Å². The average molecular weight is 1550 g/mol. The van der Waals surface area contributed by atoms with E-state index in [-0.39, 0.29) is 17.5 Å². The van der Waals surface area contributed by atoms with Gasteiger partial charge in [0.15, 0.2) is 0 Å². The van der Waals surface area contributed by atoms with Crippen molar-refractivity contribution in [1.29, 1.82) is 0 Å². The minimum atomic E-state index is -0.175. The van der Waals surface area contributed by atoms with Gasteiger partial charge in [0, 0.05) is 53.8 Å². The van der Waals surface area contributed by atoms with E-state index in [1.54, 1.807) is 0 Å². The molecule has 0 amide bonds. The molecule has 0 atom stereocenters. The van der Waals surface area contributed by atoms with Crippen LogP contribution in [0, 0.1) is 0 Å². The third-order valence-corrected chi connectivity index (χ3v) is 25.9. The van der Waals surface area contributed by atoms with Crippen LogP contribution in [0.3, 0.4) is 0 Å². The molecule has 0 spiro atoms. The first-order chi connectivity index (χ1) is 59.3. The van der Waals surface area contributed by atoms with Crippen LogP contribution in [0.15, 0.2) is 400 Å². The summed E-state index contributed by atoms with van der Waals surface area (Å²) in [5.74, 6) is 0. The second-order valence-electron chi connectivity index (χ2n) is 35.3. The smallest absolute Gasteiger partial charge is 0.252 e. The predicted octanol–water partition coefficient (Wildman–Crippen LogP) is 28.9. The highest BCUT2D eigenvalue weighted by molar-refractivity contribution is 7.00. The number of fused-ring (bicyclic) bond motifs is 6. The second-order valence-corrected chi connectivity index (χ2v) is 35.3. The van der Waals surface area contributed by atoms with Gasteiger partial charge in [0.05, 0.1) is 0 Å². The Balaban J connectivity index is 0.833. The van der Waals surface area contributed by atoms with Gasteiger partial charge in [-0.3, -0.25) is 0 Å². The largest absolute Gasteiger partial charge is 0.342 e. The minimum Gasteiger partial charge on any atom is -0.342 e. The molecule has 580 valence electrons. The van der Waals surface area contributed by atoms with Crippen molar-refractivity contribution in [2.45, 2.75) is 71.8 Å². The molecule has 0 aliphatic carbocycles. The van der Waals surface area contributed by atoms with Crippen LogP contribution in [-0.2, 0) is 30.2 Å². The van der Waals surface area contributed by atoms with Crippen LogP contribution in [0.4, 0.5) is 34.1 Å². The fourth-order valence-corrected chi connectivity index (χ4v) is 19.8. The molecule has 0 N–H and O–H groups in total. The highest BCUT2D eigenvalue weighted by Gasteiger charge is 2.44. The van der Waals surface area contributed by atoms with E-state index in [0.717, 1.165) is 24.2 Å². The van der Waals surface area contributed by atoms with Crippen molar-refractivity contribution in [3.8, 4) is 89.0 Å². The SMILES string of the molecule is CC(C)(C)c1cc(-c2ccccc2)c(CCN2c3ccc(-c4ccccc4)cc3B3c4ccc(-c5ccc6c7cccc8cccc(c9cccc5c96)c87)cc4N(CCc4c(-c5ccccc5)cc(C(C)(C)C)cc4-c4ccccc4)c4cc(CN(c5ccc(-c6ccccc6)cc5)c5ccc(-c6ccccc6)cc5)cc2c43)c(-c2ccccc2)c1. The maximum absolute atomic E-state index is 2.80. The van der Waals surface area contributed by atoms with Crippen LogP contribution in [-0.4, -0.2) is 19.8 Å². The van der Waals surface area contributed by atoms with E-state index in [2.05, 4.69) is 457 Å². The normalized spacial score (nSPS) is 12.5. The lowest BCUT2D eigenvalue weighted by molar-refractivity contribution is 0.590. The number of rotatable bonds is 18. The lowest BCUT2D eigenvalue weighted by Gasteiger charge is -2.45. The molecule has 0 aromatic heterocycles. The van der Waals surface area contributed by atoms with Gasteiger partial charge < -0.3 is 14.7 Å². The topological polar surface area (TPSA) is 9.72 Å². The molecule has 2 heterocycles. The zero-order valence-corrected chi connectivity index (χ0v) is 69.6. The molecule has 0 unspecified atom stereocenters. The Morgan fingerprint density at radius 2 is 0.620 bits per heavy atom. The fourth-order valence-electron chi connectivity index (χ4n) is 19.8. The van der Waals surface area contributed by atoms with Crippen molar-refractivity contribution in [2.75, 3.05) is 27.8 Å². The predicted molar refractivity (Wildman–Crippen MR) is 519 cm³/mol. The van der Waals surface area contributed by atoms with Gasteiger partial charge in [0.25, 0.3) is 6.71 Å². The number of anilines is 6. The standard InChI is InChI=1S/C117H94BN3/c1-116(2,3)91-73-103(84-37-20-10-21-38-84)96(104(74-91)85-39-22-11-23-40-85)65-67-119-109-64-56-89(81-35-18-9-19-36-81)71-108(109)118-107-63-55-90(95-61-62-102-100-48-29-46-88-45-28-47-99(113(88)100)101-50-30-49-98(95)114(101)102)72-110(107)120(68-66-97-105(86-41-24-12-25-42-86)75-92(117(4,5)6)76-106(97)87-43-26-13-27-44-87)112-70-78(69-111(119)115(112)118)77-121(93-57-51-82(52-58-93)79-31-14-7-15-32-79)94-59-53-83(54-60-94)80-33-16-8-17-34-80/h7-64,69-76H,65-68,77H2,1-6H3. The van der Waals surface area contributed by atoms with Crippen LogP contribution >= 0.6 is 0 Å². The molecule has 2 aliphatic rings. The van der Waals surface area contributed by atoms with E-state index in [0.29, 0.717) is 19.6 Å². The lowest BCUT2D eigenvalue weighted by atomic mass is 9.33. The van der Waals surface area contributed by atoms with E-state index >= 15 is 0 Å². The minimum absolute atomic E-state index is 0.118. The van der Waals surface area contributed by atoms with Gasteiger partial charge in [0.1, 0.15) is 0 Å². The number of nitrogens with zero attached hydrogens (tertiary/aromatic N) is 3. The summed E-state index contributed by atoms with van der Waals surface area (Å²) in [6, 6.07) is 152. The van der Waals surface area contributed by atoms with Crippen molar-refractivity contribution < 1.29 is 0 Å². The zero-order valence-electron chi connectivity index (χ0n) is 69.6. The molecule has 2 aliphatic heterocycles. The fraction of sp³-hybridized carbons (Fsp3) is 0.111. The summed E-state index contributed by atoms with van der Waals surface area (Å²) in [5, 5.41) is 10.3. The molecule has 4 heteroatoms. The summed E-state index contributed by atoms with van der Waals surface area (Å²) < 4.78 is 0. The van der Waals surface area contributed by atoms with Gasteiger partial charge in [-0.05, 0) is 249 Å². The van der Waals surface area contributed by atoms with E-state index in [4.69, 9.17) is 0 Å². The Labute approximate surface area is 712 Å². The van der Waals surface area contributed by atoms with Crippen molar-refractivity contribution >= 4 is 100 Å². The maximum atomic E-state index is 2.80. The van der Waals surface area contributed by atoms with Crippen LogP contribution in [0.2, 0.25) is 0 Å². The molecular formula is C117H94BN3. The average Bonchev–Trinajstić information content (AvgIpc) is 0.697. The highest BCUT2D eigenvalue weighted by Crippen LogP contribution is 2.49. The molecule has 0 bridgehead atoms. The van der Waals surface area contributed by atoms with E-state index in [9.17, 15) is 0 Å². The monoisotopic (exact) mass is 1550 g/mol. The second kappa shape index (κ2) is 30.7. The van der Waals surface area contributed by atoms with Gasteiger partial charge >= 0.3 is 0 Å². The van der Waals surface area contributed by atoms with Crippen LogP contribution < -0.4 is 31.1 Å². The Kier molecular flexibility index (Phi) is 18.9. The maximum Gasteiger partial charge on any atom is 0.252 e. The molecule has 19 aromatic carbocycles. The molecule has 0 fully saturated rings. The summed E-state index contributed by atoms with van der Waals surface area (Å²) in [5.41, 5.74) is 36.8. The van der Waals surface area contributed by atoms with Crippen LogP contribution in [0.5, 0.6) is 0 Å². The Morgan fingerprint density at radius 1 is 0.256 bits per heavy atom.